The Morgan fingerprint density at radius 1 is 0.955 bits per heavy atom. The summed E-state index contributed by atoms with van der Waals surface area (Å²) in [5.74, 6) is -0.534. The maximum absolute atomic E-state index is 14.8. The Hall–Kier alpha value is -6.15. The highest BCUT2D eigenvalue weighted by molar-refractivity contribution is 7.91. The van der Waals surface area contributed by atoms with Crippen LogP contribution < -0.4 is 24.8 Å². The fourth-order valence-electron chi connectivity index (χ4n) is 7.79. The van der Waals surface area contributed by atoms with E-state index in [2.05, 4.69) is 28.6 Å². The zero-order valence-electron chi connectivity index (χ0n) is 35.9. The van der Waals surface area contributed by atoms with Crippen molar-refractivity contribution in [2.75, 3.05) is 18.5 Å². The minimum Gasteiger partial charge on any atom is -0.489 e. The van der Waals surface area contributed by atoms with Gasteiger partial charge in [-0.15, -0.1) is 0 Å². The Labute approximate surface area is 396 Å². The van der Waals surface area contributed by atoms with Gasteiger partial charge in [0.15, 0.2) is 26.9 Å². The Kier molecular flexibility index (Phi) is 14.2. The SMILES string of the molecule is CCCCNc1nc(C)c(S(=O)(=O)N2Cc3cc4c(cc3CC2C(=O)NC(Cc2ccc(-c3ccc(C#N)cc3)cc2)C(=O)O)OCC(c2ccc(OCc3ccc(Cl)c(Cl)c3)cc2)O4)s1. The van der Waals surface area contributed by atoms with Crippen LogP contribution in [0.5, 0.6) is 17.2 Å². The molecule has 1 amide bonds. The molecular weight excluding hydrogens is 922 g/mol. The zero-order valence-corrected chi connectivity index (χ0v) is 39.1. The van der Waals surface area contributed by atoms with Gasteiger partial charge < -0.3 is 30.0 Å². The number of carboxylic acid groups (broad SMARTS) is 1. The van der Waals surface area contributed by atoms with Crippen molar-refractivity contribution in [1.82, 2.24) is 14.6 Å². The number of carboxylic acids is 1. The fraction of sp³-hybridized carbons (Fsp3) is 0.265. The number of carbonyl (C=O) groups excluding carboxylic acids is 1. The predicted octanol–water partition coefficient (Wildman–Crippen LogP) is 9.53. The number of nitriles is 1. The summed E-state index contributed by atoms with van der Waals surface area (Å²) in [5, 5.41) is 26.7. The van der Waals surface area contributed by atoms with Gasteiger partial charge in [0, 0.05) is 19.5 Å². The van der Waals surface area contributed by atoms with Crippen molar-refractivity contribution in [3.8, 4) is 34.4 Å². The number of ether oxygens (including phenoxy) is 3. The first-order valence-corrected chi connectivity index (χ1v) is 24.3. The van der Waals surface area contributed by atoms with Gasteiger partial charge in [0.2, 0.25) is 5.91 Å². The number of rotatable bonds is 16. The lowest BCUT2D eigenvalue weighted by Gasteiger charge is -2.36. The molecule has 3 heterocycles. The van der Waals surface area contributed by atoms with Crippen molar-refractivity contribution in [3.63, 3.8) is 0 Å². The van der Waals surface area contributed by atoms with Gasteiger partial charge in [0.05, 0.1) is 27.4 Å². The van der Waals surface area contributed by atoms with Crippen molar-refractivity contribution in [2.24, 2.45) is 0 Å². The molecule has 3 N–H and O–H groups in total. The molecule has 17 heteroatoms. The third kappa shape index (κ3) is 10.4. The number of thiazole rings is 1. The summed E-state index contributed by atoms with van der Waals surface area (Å²) in [5.41, 5.74) is 6.20. The van der Waals surface area contributed by atoms with E-state index in [1.54, 1.807) is 55.5 Å². The van der Waals surface area contributed by atoms with E-state index in [4.69, 9.17) is 42.7 Å². The fourth-order valence-corrected chi connectivity index (χ4v) is 11.2. The lowest BCUT2D eigenvalue weighted by Crippen LogP contribution is -2.55. The van der Waals surface area contributed by atoms with Crippen molar-refractivity contribution < 1.29 is 37.3 Å². The standard InChI is InChI=1S/C49H45Cl2N5O8S2/c1-3-4-19-53-49-54-29(2)48(65-49)66(60,61)56-26-37-24-44-43(63-28-45(64-44)35-14-16-38(17-15-35)62-27-32-9-18-39(50)40(51)20-32)23-36(37)22-42(56)46(57)55-41(47(58)59)21-30-5-10-33(11-6-30)34-12-7-31(25-52)8-13-34/h5-18,20,23-24,41-42,45H,3-4,19,21-22,26-28H2,1-2H3,(H,53,54)(H,55,57)(H,58,59). The number of aliphatic carboxylic acids is 1. The van der Waals surface area contributed by atoms with Gasteiger partial charge >= 0.3 is 5.97 Å². The molecule has 2 aliphatic heterocycles. The average Bonchev–Trinajstić information content (AvgIpc) is 3.71. The predicted molar refractivity (Wildman–Crippen MR) is 253 cm³/mol. The summed E-state index contributed by atoms with van der Waals surface area (Å²) < 4.78 is 49.3. The van der Waals surface area contributed by atoms with E-state index in [0.29, 0.717) is 67.8 Å². The normalized spacial score (nSPS) is 16.1. The van der Waals surface area contributed by atoms with Crippen molar-refractivity contribution >= 4 is 61.6 Å². The number of hydrogen-bond donors (Lipinski definition) is 3. The molecule has 340 valence electrons. The number of nitrogens with one attached hydrogen (secondary N) is 2. The van der Waals surface area contributed by atoms with E-state index in [0.717, 1.165) is 50.7 Å². The minimum absolute atomic E-state index is 0.0121. The Morgan fingerprint density at radius 2 is 1.65 bits per heavy atom. The average molecular weight is 967 g/mol. The first-order chi connectivity index (χ1) is 31.8. The number of anilines is 1. The van der Waals surface area contributed by atoms with Gasteiger partial charge in [-0.2, -0.15) is 9.57 Å². The number of benzene rings is 5. The molecule has 3 atom stereocenters. The number of amides is 1. The Balaban J connectivity index is 1.02. The van der Waals surface area contributed by atoms with E-state index in [1.165, 1.54) is 0 Å². The second-order valence-corrected chi connectivity index (χ2v) is 19.9. The molecule has 3 unspecified atom stereocenters. The monoisotopic (exact) mass is 965 g/mol. The summed E-state index contributed by atoms with van der Waals surface area (Å²) in [6.07, 6.45) is 1.21. The lowest BCUT2D eigenvalue weighted by atomic mass is 9.94. The number of unbranched alkanes of at least 4 members (excludes halogenated alkanes) is 1. The van der Waals surface area contributed by atoms with Gasteiger partial charge in [-0.1, -0.05) is 102 Å². The number of halogens is 2. The second-order valence-electron chi connectivity index (χ2n) is 16.0. The summed E-state index contributed by atoms with van der Waals surface area (Å²) in [6, 6.07) is 30.1. The molecular formula is C49H45Cl2N5O8S2. The van der Waals surface area contributed by atoms with Crippen molar-refractivity contribution in [2.45, 2.75) is 75.1 Å². The number of aryl methyl sites for hydroxylation is 1. The van der Waals surface area contributed by atoms with Crippen LogP contribution in [0.3, 0.4) is 0 Å². The summed E-state index contributed by atoms with van der Waals surface area (Å²) in [6.45, 7) is 4.57. The van der Waals surface area contributed by atoms with Gasteiger partial charge in [-0.25, -0.2) is 18.2 Å². The Morgan fingerprint density at radius 3 is 2.33 bits per heavy atom. The second kappa shape index (κ2) is 20.2. The molecule has 6 aromatic rings. The number of carbonyl (C=O) groups is 2. The van der Waals surface area contributed by atoms with Gasteiger partial charge in [-0.05, 0) is 107 Å². The van der Waals surface area contributed by atoms with Crippen LogP contribution in [-0.4, -0.2) is 59.9 Å². The Bertz CT molecular complexity index is 2910. The van der Waals surface area contributed by atoms with E-state index in [9.17, 15) is 23.1 Å². The largest absolute Gasteiger partial charge is 0.489 e. The third-order valence-electron chi connectivity index (χ3n) is 11.4. The van der Waals surface area contributed by atoms with Crippen LogP contribution in [0.15, 0.2) is 107 Å². The quantitative estimate of drug-likeness (QED) is 0.0787. The van der Waals surface area contributed by atoms with E-state index in [1.807, 2.05) is 54.6 Å². The molecule has 0 aliphatic carbocycles. The highest BCUT2D eigenvalue weighted by Gasteiger charge is 2.43. The number of nitrogens with zero attached hydrogens (tertiary/aromatic N) is 3. The molecule has 2 aliphatic rings. The highest BCUT2D eigenvalue weighted by Crippen LogP contribution is 2.42. The van der Waals surface area contributed by atoms with Crippen LogP contribution in [-0.2, 0) is 45.6 Å². The molecule has 8 rings (SSSR count). The molecule has 0 saturated carbocycles. The van der Waals surface area contributed by atoms with E-state index >= 15 is 0 Å². The molecule has 66 heavy (non-hydrogen) atoms. The summed E-state index contributed by atoms with van der Waals surface area (Å²) in [4.78, 5) is 31.6. The molecule has 0 spiro atoms. The molecule has 13 nitrogen and oxygen atoms in total. The first kappa shape index (κ1) is 46.4. The molecule has 1 aromatic heterocycles. The van der Waals surface area contributed by atoms with Crippen molar-refractivity contribution in [1.29, 1.82) is 5.26 Å². The molecule has 5 aromatic carbocycles. The molecule has 0 fully saturated rings. The lowest BCUT2D eigenvalue weighted by molar-refractivity contribution is -0.142. The van der Waals surface area contributed by atoms with Crippen molar-refractivity contribution in [3.05, 3.63) is 152 Å². The van der Waals surface area contributed by atoms with Gasteiger partial charge in [0.25, 0.3) is 10.0 Å². The van der Waals surface area contributed by atoms with Crippen LogP contribution in [0.1, 0.15) is 64.9 Å². The highest BCUT2D eigenvalue weighted by atomic mass is 35.5. The van der Waals surface area contributed by atoms with Crippen LogP contribution >= 0.6 is 34.5 Å². The molecule has 0 bridgehead atoms. The number of fused-ring (bicyclic) bond motifs is 2. The minimum atomic E-state index is -4.37. The maximum atomic E-state index is 14.8. The molecule has 0 saturated heterocycles. The smallest absolute Gasteiger partial charge is 0.326 e. The van der Waals surface area contributed by atoms with Crippen LogP contribution in [0.2, 0.25) is 10.0 Å². The first-order valence-electron chi connectivity index (χ1n) is 21.3. The maximum Gasteiger partial charge on any atom is 0.326 e. The van der Waals surface area contributed by atoms with Gasteiger partial charge in [0.1, 0.15) is 31.0 Å². The number of hydrogen-bond acceptors (Lipinski definition) is 11. The number of aromatic nitrogens is 1. The third-order valence-corrected chi connectivity index (χ3v) is 15.7. The zero-order chi connectivity index (χ0) is 46.5. The van der Waals surface area contributed by atoms with E-state index < -0.39 is 40.1 Å². The topological polar surface area (TPSA) is 180 Å². The van der Waals surface area contributed by atoms with Crippen LogP contribution in [0.25, 0.3) is 11.1 Å². The summed E-state index contributed by atoms with van der Waals surface area (Å²) in [7, 11) is -4.37. The number of sulfonamides is 1. The molecule has 0 radical (unpaired) electrons. The van der Waals surface area contributed by atoms with Gasteiger partial charge in [-0.3, -0.25) is 4.79 Å². The summed E-state index contributed by atoms with van der Waals surface area (Å²) >= 11 is 13.2. The van der Waals surface area contributed by atoms with Crippen LogP contribution in [0.4, 0.5) is 5.13 Å². The van der Waals surface area contributed by atoms with Crippen LogP contribution in [0, 0.1) is 18.3 Å². The van der Waals surface area contributed by atoms with E-state index in [-0.39, 0.29) is 35.9 Å².